The van der Waals surface area contributed by atoms with Gasteiger partial charge in [0.1, 0.15) is 7.05 Å². The van der Waals surface area contributed by atoms with Crippen molar-refractivity contribution in [3.05, 3.63) is 30.1 Å². The van der Waals surface area contributed by atoms with E-state index in [1.807, 2.05) is 24.0 Å². The summed E-state index contributed by atoms with van der Waals surface area (Å²) in [6, 6.07) is 4.17. The summed E-state index contributed by atoms with van der Waals surface area (Å²) in [4.78, 5) is 7.16. The summed E-state index contributed by atoms with van der Waals surface area (Å²) in [7, 11) is 8.58. The molecule has 0 spiro atoms. The van der Waals surface area contributed by atoms with E-state index in [4.69, 9.17) is 0 Å². The fraction of sp³-hybridized carbons (Fsp3) is 0.800. The molecule has 3 aliphatic heterocycles. The van der Waals surface area contributed by atoms with Gasteiger partial charge in [-0.25, -0.2) is 4.57 Å². The van der Waals surface area contributed by atoms with E-state index >= 15 is 0 Å². The number of aromatic nitrogens is 1. The highest BCUT2D eigenvalue weighted by Crippen LogP contribution is 2.13. The average molecular weight is 406 g/mol. The van der Waals surface area contributed by atoms with Crippen LogP contribution in [0.4, 0.5) is 0 Å². The molecule has 0 saturated carbocycles. The molecular formula is C25H49N4+. The number of nitrogens with zero attached hydrogens (tertiary/aromatic N) is 4. The lowest BCUT2D eigenvalue weighted by Crippen LogP contribution is -2.28. The van der Waals surface area contributed by atoms with Gasteiger partial charge < -0.3 is 14.7 Å². The molecule has 0 atom stereocenters. The zero-order chi connectivity index (χ0) is 21.5. The number of rotatable bonds is 0. The van der Waals surface area contributed by atoms with Crippen LogP contribution in [-0.2, 0) is 7.05 Å². The summed E-state index contributed by atoms with van der Waals surface area (Å²) in [5.74, 6) is 0.978. The molecule has 3 aliphatic rings. The molecule has 168 valence electrons. The molecule has 0 radical (unpaired) electrons. The van der Waals surface area contributed by atoms with Crippen molar-refractivity contribution < 1.29 is 4.57 Å². The molecule has 4 nitrogen and oxygen atoms in total. The van der Waals surface area contributed by atoms with Crippen LogP contribution in [0.25, 0.3) is 0 Å². The molecule has 4 heteroatoms. The number of hydrogen-bond acceptors (Lipinski definition) is 3. The van der Waals surface area contributed by atoms with Gasteiger partial charge in [0, 0.05) is 12.1 Å². The number of aryl methyl sites for hydroxylation is 2. The summed E-state index contributed by atoms with van der Waals surface area (Å²) < 4.78 is 2.02. The van der Waals surface area contributed by atoms with Gasteiger partial charge in [0.25, 0.3) is 0 Å². The number of hydrogen-bond donors (Lipinski definition) is 0. The average Bonchev–Trinajstić information content (AvgIpc) is 3.20. The van der Waals surface area contributed by atoms with Crippen LogP contribution in [0, 0.1) is 12.8 Å². The van der Waals surface area contributed by atoms with Crippen LogP contribution in [0.1, 0.15) is 57.4 Å². The minimum Gasteiger partial charge on any atom is -0.306 e. The Bertz CT molecular complexity index is 451. The van der Waals surface area contributed by atoms with E-state index in [-0.39, 0.29) is 0 Å². The van der Waals surface area contributed by atoms with E-state index in [0.717, 1.165) is 5.92 Å². The summed E-state index contributed by atoms with van der Waals surface area (Å²) >= 11 is 0. The third-order valence-electron chi connectivity index (χ3n) is 6.06. The molecule has 0 unspecified atom stereocenters. The molecule has 3 saturated heterocycles. The predicted molar refractivity (Wildman–Crippen MR) is 126 cm³/mol. The molecule has 3 fully saturated rings. The smallest absolute Gasteiger partial charge is 0.168 e. The lowest BCUT2D eigenvalue weighted by molar-refractivity contribution is -0.671. The zero-order valence-corrected chi connectivity index (χ0v) is 20.4. The van der Waals surface area contributed by atoms with Crippen LogP contribution in [0.2, 0.25) is 0 Å². The lowest BCUT2D eigenvalue weighted by Gasteiger charge is -2.26. The Labute approximate surface area is 181 Å². The number of pyridine rings is 1. The molecule has 4 rings (SSSR count). The third-order valence-corrected chi connectivity index (χ3v) is 6.06. The standard InChI is InChI=1S/C7H15N.C7H10N.C6H13N.C5H11N/c2*1-7-3-5-8(2)6-4-7;1-7-5-3-2-4-6-7;1-6-4-2-3-5-6/h7H,3-6H2,1-2H3;3-6H,1-2H3;2-6H2,1H3;2-5H2,1H3/q;+1;;. The van der Waals surface area contributed by atoms with Gasteiger partial charge >= 0.3 is 0 Å². The predicted octanol–water partition coefficient (Wildman–Crippen LogP) is 3.98. The van der Waals surface area contributed by atoms with Gasteiger partial charge in [0.15, 0.2) is 12.4 Å². The summed E-state index contributed by atoms with van der Waals surface area (Å²) in [6.45, 7) is 12.3. The molecule has 0 bridgehead atoms. The minimum atomic E-state index is 0.978. The van der Waals surface area contributed by atoms with Crippen LogP contribution >= 0.6 is 0 Å². The maximum Gasteiger partial charge on any atom is 0.168 e. The van der Waals surface area contributed by atoms with Crippen molar-refractivity contribution in [2.24, 2.45) is 13.0 Å². The Morgan fingerprint density at radius 1 is 0.690 bits per heavy atom. The molecule has 4 heterocycles. The molecule has 0 aliphatic carbocycles. The maximum atomic E-state index is 2.40. The van der Waals surface area contributed by atoms with Gasteiger partial charge in [-0.15, -0.1) is 0 Å². The van der Waals surface area contributed by atoms with Crippen molar-refractivity contribution in [1.29, 1.82) is 0 Å². The van der Waals surface area contributed by atoms with Gasteiger partial charge in [-0.05, 0) is 117 Å². The monoisotopic (exact) mass is 405 g/mol. The van der Waals surface area contributed by atoms with E-state index < -0.39 is 0 Å². The molecular weight excluding hydrogens is 356 g/mol. The Kier molecular flexibility index (Phi) is 14.2. The molecule has 0 aromatic carbocycles. The van der Waals surface area contributed by atoms with E-state index in [2.05, 4.69) is 61.8 Å². The topological polar surface area (TPSA) is 13.6 Å². The van der Waals surface area contributed by atoms with Gasteiger partial charge in [-0.1, -0.05) is 13.3 Å². The van der Waals surface area contributed by atoms with E-state index in [0.29, 0.717) is 0 Å². The first-order valence-electron chi connectivity index (χ1n) is 11.8. The summed E-state index contributed by atoms with van der Waals surface area (Å²) in [5, 5.41) is 0. The van der Waals surface area contributed by atoms with Crippen molar-refractivity contribution in [2.75, 3.05) is 60.4 Å². The van der Waals surface area contributed by atoms with Crippen molar-refractivity contribution in [1.82, 2.24) is 14.7 Å². The van der Waals surface area contributed by atoms with Crippen molar-refractivity contribution in [2.45, 2.75) is 58.8 Å². The van der Waals surface area contributed by atoms with Crippen LogP contribution in [0.3, 0.4) is 0 Å². The molecule has 0 N–H and O–H groups in total. The first-order valence-corrected chi connectivity index (χ1v) is 11.8. The largest absolute Gasteiger partial charge is 0.306 e. The summed E-state index contributed by atoms with van der Waals surface area (Å²) in [5.41, 5.74) is 1.31. The third kappa shape index (κ3) is 14.6. The second-order valence-electron chi connectivity index (χ2n) is 9.40. The SMILES string of the molecule is CC1CCN(C)CC1.CN1CCCC1.CN1CCCCC1.Cc1cc[n+](C)cc1. The quantitative estimate of drug-likeness (QED) is 0.606. The van der Waals surface area contributed by atoms with Crippen molar-refractivity contribution in [3.63, 3.8) is 0 Å². The fourth-order valence-corrected chi connectivity index (χ4v) is 3.64. The van der Waals surface area contributed by atoms with Gasteiger partial charge in [0.05, 0.1) is 0 Å². The molecule has 1 aromatic heterocycles. The van der Waals surface area contributed by atoms with Gasteiger partial charge in [0.2, 0.25) is 0 Å². The minimum absolute atomic E-state index is 0.978. The Morgan fingerprint density at radius 3 is 1.34 bits per heavy atom. The fourth-order valence-electron chi connectivity index (χ4n) is 3.64. The van der Waals surface area contributed by atoms with E-state index in [9.17, 15) is 0 Å². The normalized spacial score (nSPS) is 21.2. The Morgan fingerprint density at radius 2 is 1.07 bits per heavy atom. The highest BCUT2D eigenvalue weighted by molar-refractivity contribution is 5.02. The summed E-state index contributed by atoms with van der Waals surface area (Å²) in [6.07, 6.45) is 14.0. The second-order valence-corrected chi connectivity index (χ2v) is 9.40. The Hall–Kier alpha value is -0.970. The van der Waals surface area contributed by atoms with Crippen LogP contribution < -0.4 is 4.57 Å². The number of likely N-dealkylation sites (tertiary alicyclic amines) is 3. The highest BCUT2D eigenvalue weighted by atomic mass is 15.1. The first kappa shape index (κ1) is 26.1. The lowest BCUT2D eigenvalue weighted by atomic mass is 10.00. The van der Waals surface area contributed by atoms with Gasteiger partial charge in [-0.2, -0.15) is 0 Å². The van der Waals surface area contributed by atoms with Gasteiger partial charge in [-0.3, -0.25) is 0 Å². The number of piperidine rings is 2. The molecule has 29 heavy (non-hydrogen) atoms. The second kappa shape index (κ2) is 15.8. The van der Waals surface area contributed by atoms with Crippen molar-refractivity contribution >= 4 is 0 Å². The maximum absolute atomic E-state index is 2.40. The van der Waals surface area contributed by atoms with Crippen molar-refractivity contribution in [3.8, 4) is 0 Å². The van der Waals surface area contributed by atoms with E-state index in [1.54, 1.807) is 0 Å². The van der Waals surface area contributed by atoms with E-state index in [1.165, 1.54) is 89.8 Å². The highest BCUT2D eigenvalue weighted by Gasteiger charge is 2.10. The molecule has 1 aromatic rings. The van der Waals surface area contributed by atoms with Crippen LogP contribution in [0.5, 0.6) is 0 Å². The first-order chi connectivity index (χ1) is 13.9. The molecule has 0 amide bonds. The van der Waals surface area contributed by atoms with Crippen LogP contribution in [0.15, 0.2) is 24.5 Å². The zero-order valence-electron chi connectivity index (χ0n) is 20.4. The Balaban J connectivity index is 0.000000194. The van der Waals surface area contributed by atoms with Crippen LogP contribution in [-0.4, -0.2) is 75.1 Å².